The largest absolute Gasteiger partial charge is 0.491 e. The van der Waals surface area contributed by atoms with Gasteiger partial charge in [0, 0.05) is 31.6 Å². The van der Waals surface area contributed by atoms with Crippen molar-refractivity contribution in [2.24, 2.45) is 0 Å². The molecule has 1 aliphatic heterocycles. The van der Waals surface area contributed by atoms with Crippen molar-refractivity contribution >= 4 is 17.2 Å². The zero-order valence-electron chi connectivity index (χ0n) is 19.9. The van der Waals surface area contributed by atoms with Gasteiger partial charge in [-0.2, -0.15) is 0 Å². The van der Waals surface area contributed by atoms with Crippen LogP contribution in [0.2, 0.25) is 0 Å². The number of amides is 1. The first kappa shape index (κ1) is 26.2. The third-order valence-electron chi connectivity index (χ3n) is 5.78. The van der Waals surface area contributed by atoms with Crippen LogP contribution in [0.25, 0.3) is 0 Å². The minimum Gasteiger partial charge on any atom is -0.491 e. The Morgan fingerprint density at radius 2 is 2.15 bits per heavy atom. The number of aryl methyl sites for hydroxylation is 1. The number of ether oxygens (including phenoxy) is 3. The molecule has 0 radical (unpaired) electrons. The van der Waals surface area contributed by atoms with Crippen LogP contribution in [0.3, 0.4) is 0 Å². The van der Waals surface area contributed by atoms with Crippen molar-refractivity contribution in [1.29, 1.82) is 0 Å². The highest BCUT2D eigenvalue weighted by Gasteiger charge is 2.33. The van der Waals surface area contributed by atoms with Gasteiger partial charge in [0.25, 0.3) is 0 Å². The van der Waals surface area contributed by atoms with Gasteiger partial charge in [0.2, 0.25) is 5.91 Å². The van der Waals surface area contributed by atoms with E-state index in [1.54, 1.807) is 18.4 Å². The molecular weight excluding hydrogens is 452 g/mol. The molecule has 1 aromatic heterocycles. The van der Waals surface area contributed by atoms with E-state index in [9.17, 15) is 9.90 Å². The Balaban J connectivity index is 1.67. The van der Waals surface area contributed by atoms with Gasteiger partial charge in [0.15, 0.2) is 0 Å². The average molecular weight is 487 g/mol. The van der Waals surface area contributed by atoms with E-state index in [0.717, 1.165) is 17.7 Å². The summed E-state index contributed by atoms with van der Waals surface area (Å²) < 4.78 is 16.6. The quantitative estimate of drug-likeness (QED) is 0.347. The molecule has 0 unspecified atom stereocenters. The predicted octanol–water partition coefficient (Wildman–Crippen LogP) is 2.52. The van der Waals surface area contributed by atoms with Crippen LogP contribution >= 0.6 is 11.3 Å². The maximum absolute atomic E-state index is 13.5. The lowest BCUT2D eigenvalue weighted by Gasteiger charge is -2.37. The number of hydrogen-bond donors (Lipinski definition) is 1. The predicted molar refractivity (Wildman–Crippen MR) is 133 cm³/mol. The van der Waals surface area contributed by atoms with E-state index in [-0.39, 0.29) is 31.7 Å². The van der Waals surface area contributed by atoms with Crippen LogP contribution in [0.1, 0.15) is 22.0 Å². The van der Waals surface area contributed by atoms with Crippen molar-refractivity contribution in [3.05, 3.63) is 51.7 Å². The monoisotopic (exact) mass is 486 g/mol. The highest BCUT2D eigenvalue weighted by atomic mass is 32.1. The Morgan fingerprint density at radius 3 is 2.88 bits per heavy atom. The van der Waals surface area contributed by atoms with Crippen LogP contribution in [0.4, 0.5) is 0 Å². The zero-order valence-corrected chi connectivity index (χ0v) is 20.8. The Bertz CT molecular complexity index is 939. The lowest BCUT2D eigenvalue weighted by molar-refractivity contribution is -0.136. The van der Waals surface area contributed by atoms with Crippen molar-refractivity contribution in [1.82, 2.24) is 9.80 Å². The molecule has 0 bridgehead atoms. The molecule has 0 saturated heterocycles. The van der Waals surface area contributed by atoms with Crippen LogP contribution in [0.15, 0.2) is 35.7 Å². The first-order valence-electron chi connectivity index (χ1n) is 11.5. The van der Waals surface area contributed by atoms with Gasteiger partial charge < -0.3 is 24.2 Å². The maximum atomic E-state index is 13.5. The molecule has 2 heterocycles. The van der Waals surface area contributed by atoms with Crippen molar-refractivity contribution in [3.63, 3.8) is 0 Å². The van der Waals surface area contributed by atoms with Crippen molar-refractivity contribution in [2.45, 2.75) is 25.5 Å². The molecule has 0 fully saturated rings. The number of carbonyl (C=O) groups is 1. The molecule has 184 valence electrons. The fourth-order valence-corrected chi connectivity index (χ4v) is 4.95. The van der Waals surface area contributed by atoms with Gasteiger partial charge in [0.1, 0.15) is 19.0 Å². The number of aliphatic hydroxyl groups excluding tert-OH is 1. The van der Waals surface area contributed by atoms with Crippen molar-refractivity contribution < 1.29 is 24.1 Å². The molecular formula is C26H34N2O5S. The molecule has 1 N–H and O–H groups in total. The first-order chi connectivity index (χ1) is 16.5. The van der Waals surface area contributed by atoms with Crippen molar-refractivity contribution in [3.8, 4) is 18.1 Å². The molecule has 7 nitrogen and oxygen atoms in total. The molecule has 2 aromatic rings. The lowest BCUT2D eigenvalue weighted by Crippen LogP contribution is -2.48. The summed E-state index contributed by atoms with van der Waals surface area (Å²) in [6, 6.07) is 9.88. The number of terminal acetylenes is 1. The smallest absolute Gasteiger partial charge is 0.237 e. The number of aliphatic hydroxyl groups is 1. The molecule has 2 atom stereocenters. The molecule has 1 aromatic carbocycles. The van der Waals surface area contributed by atoms with E-state index in [0.29, 0.717) is 32.8 Å². The van der Waals surface area contributed by atoms with E-state index < -0.39 is 6.10 Å². The summed E-state index contributed by atoms with van der Waals surface area (Å²) in [6.07, 6.45) is 5.28. The molecule has 1 aliphatic rings. The molecule has 0 spiro atoms. The normalized spacial score (nSPS) is 16.2. The topological polar surface area (TPSA) is 71.5 Å². The van der Waals surface area contributed by atoms with Gasteiger partial charge in [-0.25, -0.2) is 0 Å². The van der Waals surface area contributed by atoms with Gasteiger partial charge >= 0.3 is 0 Å². The lowest BCUT2D eigenvalue weighted by atomic mass is 10.0. The van der Waals surface area contributed by atoms with Crippen LogP contribution < -0.4 is 4.74 Å². The number of fused-ring (bicyclic) bond motifs is 1. The van der Waals surface area contributed by atoms with E-state index in [1.165, 1.54) is 10.4 Å². The van der Waals surface area contributed by atoms with Crippen molar-refractivity contribution in [2.75, 3.05) is 59.7 Å². The number of thiophene rings is 1. The minimum absolute atomic E-state index is 0.00204. The van der Waals surface area contributed by atoms with E-state index >= 15 is 0 Å². The highest BCUT2D eigenvalue weighted by molar-refractivity contribution is 7.10. The molecule has 8 heteroatoms. The Hall–Kier alpha value is -2.41. The zero-order chi connectivity index (χ0) is 24.3. The highest BCUT2D eigenvalue weighted by Crippen LogP contribution is 2.34. The second-order valence-corrected chi connectivity index (χ2v) is 9.38. The van der Waals surface area contributed by atoms with E-state index in [1.807, 2.05) is 41.0 Å². The number of benzene rings is 1. The number of rotatable bonds is 13. The Kier molecular flexibility index (Phi) is 10.4. The number of nitrogens with zero attached hydrogens (tertiary/aromatic N) is 2. The van der Waals surface area contributed by atoms with Gasteiger partial charge in [0.05, 0.1) is 31.9 Å². The summed E-state index contributed by atoms with van der Waals surface area (Å²) in [4.78, 5) is 18.6. The van der Waals surface area contributed by atoms with Crippen LogP contribution in [-0.2, 0) is 20.7 Å². The fraction of sp³-hybridized carbons (Fsp3) is 0.500. The summed E-state index contributed by atoms with van der Waals surface area (Å²) >= 11 is 1.73. The fourth-order valence-electron chi connectivity index (χ4n) is 4.03. The molecule has 3 rings (SSSR count). The number of methoxy groups -OCH3 is 1. The maximum Gasteiger partial charge on any atom is 0.237 e. The second kappa shape index (κ2) is 13.5. The van der Waals surface area contributed by atoms with Crippen LogP contribution in [-0.4, -0.2) is 86.6 Å². The summed E-state index contributed by atoms with van der Waals surface area (Å²) in [5.41, 5.74) is 2.33. The van der Waals surface area contributed by atoms with Gasteiger partial charge in [-0.15, -0.1) is 17.8 Å². The molecule has 1 amide bonds. The van der Waals surface area contributed by atoms with Gasteiger partial charge in [-0.3, -0.25) is 9.69 Å². The van der Waals surface area contributed by atoms with Crippen LogP contribution in [0.5, 0.6) is 5.75 Å². The number of hydrogen-bond acceptors (Lipinski definition) is 7. The molecule has 0 aliphatic carbocycles. The second-order valence-electron chi connectivity index (χ2n) is 8.38. The van der Waals surface area contributed by atoms with Gasteiger partial charge in [-0.1, -0.05) is 23.6 Å². The number of carbonyl (C=O) groups excluding carboxylic acids is 1. The van der Waals surface area contributed by atoms with E-state index in [4.69, 9.17) is 20.6 Å². The SMILES string of the molecule is C#CCOC[C@H](O)CN(CCOC)CC(=O)N1CCc2sccc2[C@H]1COc1ccc(C)cc1. The summed E-state index contributed by atoms with van der Waals surface area (Å²) in [5.74, 6) is 3.18. The Morgan fingerprint density at radius 1 is 1.35 bits per heavy atom. The first-order valence-corrected chi connectivity index (χ1v) is 12.4. The third kappa shape index (κ3) is 7.55. The summed E-state index contributed by atoms with van der Waals surface area (Å²) in [7, 11) is 1.62. The average Bonchev–Trinajstić information content (AvgIpc) is 3.31. The summed E-state index contributed by atoms with van der Waals surface area (Å²) in [5, 5.41) is 12.4. The summed E-state index contributed by atoms with van der Waals surface area (Å²) in [6.45, 7) is 4.79. The standard InChI is InChI=1S/C26H34N2O5S/c1-4-13-32-18-21(29)16-27(12-14-31-3)17-26(30)28-11-9-25-23(10-15-34-25)24(28)19-33-22-7-5-20(2)6-8-22/h1,5-8,10,15,21,24,29H,9,11-14,16-19H2,2-3H3/t21-,24-/m1/s1. The van der Waals surface area contributed by atoms with Crippen LogP contribution in [0, 0.1) is 19.3 Å². The molecule has 34 heavy (non-hydrogen) atoms. The van der Waals surface area contributed by atoms with E-state index in [2.05, 4.69) is 17.4 Å². The van der Waals surface area contributed by atoms with Gasteiger partial charge in [-0.05, 0) is 42.5 Å². The Labute approximate surface area is 206 Å². The third-order valence-corrected chi connectivity index (χ3v) is 6.78. The minimum atomic E-state index is -0.747. The molecule has 0 saturated carbocycles.